The zero-order valence-corrected chi connectivity index (χ0v) is 17.2. The summed E-state index contributed by atoms with van der Waals surface area (Å²) in [6, 6.07) is 8.79. The molecule has 2 nitrogen and oxygen atoms in total. The highest BCUT2D eigenvalue weighted by molar-refractivity contribution is 5.23. The molecule has 2 heteroatoms. The van der Waals surface area contributed by atoms with Crippen LogP contribution < -0.4 is 5.32 Å². The molecule has 0 saturated carbocycles. The van der Waals surface area contributed by atoms with Gasteiger partial charge in [-0.3, -0.25) is 0 Å². The van der Waals surface area contributed by atoms with E-state index in [0.717, 1.165) is 26.1 Å². The van der Waals surface area contributed by atoms with E-state index in [4.69, 9.17) is 0 Å². The molecule has 0 saturated heterocycles. The van der Waals surface area contributed by atoms with Crippen LogP contribution in [0.3, 0.4) is 0 Å². The molecule has 0 aliphatic rings. The van der Waals surface area contributed by atoms with Crippen molar-refractivity contribution in [3.8, 4) is 0 Å². The van der Waals surface area contributed by atoms with Crippen LogP contribution in [0.25, 0.3) is 0 Å². The van der Waals surface area contributed by atoms with Crippen molar-refractivity contribution in [3.05, 3.63) is 47.5 Å². The van der Waals surface area contributed by atoms with Gasteiger partial charge in [0.2, 0.25) is 0 Å². The summed E-state index contributed by atoms with van der Waals surface area (Å²) in [5, 5.41) is 3.44. The highest BCUT2D eigenvalue weighted by atomic mass is 15.1. The maximum Gasteiger partial charge on any atom is 0.0206 e. The molecule has 23 heavy (non-hydrogen) atoms. The Labute approximate surface area is 147 Å². The SMILES string of the molecule is C/C=C/C.CC.CC.CCc1cccc(CNCCN(C)C)c1. The third kappa shape index (κ3) is 20.9. The molecular weight excluding hydrogens is 280 g/mol. The van der Waals surface area contributed by atoms with Crippen LogP contribution >= 0.6 is 0 Å². The van der Waals surface area contributed by atoms with Crippen molar-refractivity contribution in [2.45, 2.75) is 61.4 Å². The van der Waals surface area contributed by atoms with E-state index < -0.39 is 0 Å². The summed E-state index contributed by atoms with van der Waals surface area (Å²) in [4.78, 5) is 2.19. The number of nitrogens with one attached hydrogen (secondary N) is 1. The van der Waals surface area contributed by atoms with Gasteiger partial charge in [0.25, 0.3) is 0 Å². The normalized spacial score (nSPS) is 9.30. The van der Waals surface area contributed by atoms with Gasteiger partial charge in [0.15, 0.2) is 0 Å². The summed E-state index contributed by atoms with van der Waals surface area (Å²) in [6.07, 6.45) is 5.12. The van der Waals surface area contributed by atoms with E-state index in [0.29, 0.717) is 0 Å². The van der Waals surface area contributed by atoms with Crippen molar-refractivity contribution in [2.24, 2.45) is 0 Å². The van der Waals surface area contributed by atoms with Crippen LogP contribution in [0.4, 0.5) is 0 Å². The first-order valence-corrected chi connectivity index (χ1v) is 9.14. The van der Waals surface area contributed by atoms with Gasteiger partial charge in [0, 0.05) is 19.6 Å². The van der Waals surface area contributed by atoms with Gasteiger partial charge in [0.1, 0.15) is 0 Å². The van der Waals surface area contributed by atoms with Gasteiger partial charge >= 0.3 is 0 Å². The Bertz CT molecular complexity index is 339. The molecule has 0 atom stereocenters. The van der Waals surface area contributed by atoms with E-state index in [9.17, 15) is 0 Å². The minimum Gasteiger partial charge on any atom is -0.311 e. The summed E-state index contributed by atoms with van der Waals surface area (Å²) >= 11 is 0. The lowest BCUT2D eigenvalue weighted by atomic mass is 10.1. The number of benzene rings is 1. The fraction of sp³-hybridized carbons (Fsp3) is 0.619. The summed E-state index contributed by atoms with van der Waals surface area (Å²) in [7, 11) is 4.19. The van der Waals surface area contributed by atoms with Crippen molar-refractivity contribution in [1.82, 2.24) is 10.2 Å². The molecule has 0 aromatic heterocycles. The molecule has 0 bridgehead atoms. The molecule has 0 aliphatic carbocycles. The zero-order valence-electron chi connectivity index (χ0n) is 17.2. The van der Waals surface area contributed by atoms with Crippen molar-refractivity contribution >= 4 is 0 Å². The topological polar surface area (TPSA) is 15.3 Å². The number of hydrogen-bond donors (Lipinski definition) is 1. The molecule has 1 aromatic carbocycles. The molecule has 1 N–H and O–H groups in total. The molecular formula is C21H42N2. The van der Waals surface area contributed by atoms with E-state index in [2.05, 4.69) is 55.5 Å². The average molecular weight is 323 g/mol. The summed E-state index contributed by atoms with van der Waals surface area (Å²) < 4.78 is 0. The number of rotatable bonds is 6. The standard InChI is InChI=1S/C13H22N2.C4H8.2C2H6/c1-4-12-6-5-7-13(10-12)11-14-8-9-15(2)3;1-3-4-2;2*1-2/h5-7,10,14H,4,8-9,11H2,1-3H3;3-4H,1-2H3;2*1-2H3/b;4-3+;;. The van der Waals surface area contributed by atoms with Gasteiger partial charge < -0.3 is 10.2 Å². The van der Waals surface area contributed by atoms with E-state index in [1.165, 1.54) is 11.1 Å². The zero-order chi connectivity index (χ0) is 18.5. The first-order valence-electron chi connectivity index (χ1n) is 9.14. The second kappa shape index (κ2) is 23.2. The van der Waals surface area contributed by atoms with Crippen molar-refractivity contribution < 1.29 is 0 Å². The van der Waals surface area contributed by atoms with Crippen LogP contribution in [0, 0.1) is 0 Å². The molecule has 0 spiro atoms. The number of aryl methyl sites for hydroxylation is 1. The van der Waals surface area contributed by atoms with Gasteiger partial charge in [-0.25, -0.2) is 0 Å². The quantitative estimate of drug-likeness (QED) is 0.547. The van der Waals surface area contributed by atoms with Crippen molar-refractivity contribution in [2.75, 3.05) is 27.2 Å². The van der Waals surface area contributed by atoms with Crippen LogP contribution in [-0.2, 0) is 13.0 Å². The van der Waals surface area contributed by atoms with E-state index in [-0.39, 0.29) is 0 Å². The molecule has 136 valence electrons. The lowest BCUT2D eigenvalue weighted by Gasteiger charge is -2.10. The Morgan fingerprint density at radius 3 is 1.91 bits per heavy atom. The predicted molar refractivity (Wildman–Crippen MR) is 109 cm³/mol. The monoisotopic (exact) mass is 322 g/mol. The number of hydrogen-bond acceptors (Lipinski definition) is 2. The molecule has 0 unspecified atom stereocenters. The lowest BCUT2D eigenvalue weighted by molar-refractivity contribution is 0.400. The van der Waals surface area contributed by atoms with E-state index >= 15 is 0 Å². The first kappa shape index (κ1) is 26.8. The molecule has 0 fully saturated rings. The fourth-order valence-electron chi connectivity index (χ4n) is 1.49. The summed E-state index contributed by atoms with van der Waals surface area (Å²) in [5.74, 6) is 0. The second-order valence-corrected chi connectivity index (χ2v) is 4.82. The number of likely N-dealkylation sites (N-methyl/N-ethyl adjacent to an activating group) is 1. The average Bonchev–Trinajstić information content (AvgIpc) is 2.62. The summed E-state index contributed by atoms with van der Waals surface area (Å²) in [5.41, 5.74) is 2.80. The van der Waals surface area contributed by atoms with Gasteiger partial charge in [-0.1, -0.05) is 71.0 Å². The molecule has 0 heterocycles. The third-order valence-corrected chi connectivity index (χ3v) is 2.80. The number of nitrogens with zero attached hydrogens (tertiary/aromatic N) is 1. The highest BCUT2D eigenvalue weighted by Crippen LogP contribution is 2.05. The van der Waals surface area contributed by atoms with Crippen molar-refractivity contribution in [3.63, 3.8) is 0 Å². The molecule has 0 radical (unpaired) electrons. The second-order valence-electron chi connectivity index (χ2n) is 4.82. The van der Waals surface area contributed by atoms with Crippen LogP contribution in [0.2, 0.25) is 0 Å². The van der Waals surface area contributed by atoms with E-state index in [1.807, 2.05) is 53.7 Å². The van der Waals surface area contributed by atoms with Crippen LogP contribution in [0.5, 0.6) is 0 Å². The van der Waals surface area contributed by atoms with E-state index in [1.54, 1.807) is 0 Å². The van der Waals surface area contributed by atoms with Crippen LogP contribution in [-0.4, -0.2) is 32.1 Å². The highest BCUT2D eigenvalue weighted by Gasteiger charge is 1.94. The fourth-order valence-corrected chi connectivity index (χ4v) is 1.49. The summed E-state index contributed by atoms with van der Waals surface area (Å²) in [6.45, 7) is 17.3. The van der Waals surface area contributed by atoms with Crippen LogP contribution in [0.1, 0.15) is 59.6 Å². The van der Waals surface area contributed by atoms with Crippen LogP contribution in [0.15, 0.2) is 36.4 Å². The lowest BCUT2D eigenvalue weighted by Crippen LogP contribution is -2.26. The maximum atomic E-state index is 3.44. The Balaban J connectivity index is -0.000000426. The largest absolute Gasteiger partial charge is 0.311 e. The Morgan fingerprint density at radius 1 is 0.957 bits per heavy atom. The van der Waals surface area contributed by atoms with Gasteiger partial charge in [-0.05, 0) is 45.5 Å². The maximum absolute atomic E-state index is 3.44. The smallest absolute Gasteiger partial charge is 0.0206 e. The van der Waals surface area contributed by atoms with Gasteiger partial charge in [-0.15, -0.1) is 0 Å². The Hall–Kier alpha value is -1.12. The third-order valence-electron chi connectivity index (χ3n) is 2.80. The van der Waals surface area contributed by atoms with Gasteiger partial charge in [0.05, 0.1) is 0 Å². The Morgan fingerprint density at radius 2 is 1.48 bits per heavy atom. The predicted octanol–water partition coefficient (Wildman–Crippen LogP) is 5.54. The molecule has 1 rings (SSSR count). The minimum atomic E-state index is 0.974. The van der Waals surface area contributed by atoms with Gasteiger partial charge in [-0.2, -0.15) is 0 Å². The van der Waals surface area contributed by atoms with Crippen molar-refractivity contribution in [1.29, 1.82) is 0 Å². The minimum absolute atomic E-state index is 0.974. The molecule has 0 aliphatic heterocycles. The Kier molecular flexibility index (Phi) is 26.9. The molecule has 1 aromatic rings. The first-order chi connectivity index (χ1) is 11.1. The number of allylic oxidation sites excluding steroid dienone is 2. The molecule has 0 amide bonds.